The van der Waals surface area contributed by atoms with Crippen molar-refractivity contribution in [3.05, 3.63) is 29.8 Å². The van der Waals surface area contributed by atoms with Gasteiger partial charge >= 0.3 is 12.0 Å². The smallest absolute Gasteiger partial charge is 0.319 e. The number of urea groups is 1. The minimum absolute atomic E-state index is 0.0748. The summed E-state index contributed by atoms with van der Waals surface area (Å²) in [5.41, 5.74) is -0.272. The highest BCUT2D eigenvalue weighted by Crippen LogP contribution is 2.14. The Balaban J connectivity index is 2.40. The topological polar surface area (TPSA) is 78.4 Å². The van der Waals surface area contributed by atoms with E-state index in [0.717, 1.165) is 18.2 Å². The highest BCUT2D eigenvalue weighted by molar-refractivity contribution is 5.89. The lowest BCUT2D eigenvalue weighted by Crippen LogP contribution is -2.30. The van der Waals surface area contributed by atoms with Crippen molar-refractivity contribution < 1.29 is 23.5 Å². The number of nitrogens with one attached hydrogen (secondary N) is 2. The zero-order chi connectivity index (χ0) is 13.5. The molecule has 0 fully saturated rings. The Morgan fingerprint density at radius 2 is 2.00 bits per heavy atom. The number of carbonyl (C=O) groups is 2. The van der Waals surface area contributed by atoms with Gasteiger partial charge in [0.25, 0.3) is 0 Å². The molecule has 0 saturated heterocycles. The lowest BCUT2D eigenvalue weighted by molar-refractivity contribution is -0.137. The van der Waals surface area contributed by atoms with E-state index in [9.17, 15) is 18.4 Å². The number of hydrogen-bond acceptors (Lipinski definition) is 2. The molecular weight excluding hydrogens is 246 g/mol. The zero-order valence-corrected chi connectivity index (χ0v) is 9.37. The predicted molar refractivity (Wildman–Crippen MR) is 60.2 cm³/mol. The molecule has 0 aliphatic carbocycles. The van der Waals surface area contributed by atoms with E-state index in [-0.39, 0.29) is 25.1 Å². The van der Waals surface area contributed by atoms with E-state index in [2.05, 4.69) is 10.6 Å². The molecule has 1 rings (SSSR count). The highest BCUT2D eigenvalue weighted by atomic mass is 19.1. The maximum absolute atomic E-state index is 13.1. The molecule has 0 aliphatic rings. The Kier molecular flexibility index (Phi) is 5.04. The number of halogens is 2. The fraction of sp³-hybridized carbons (Fsp3) is 0.273. The van der Waals surface area contributed by atoms with Gasteiger partial charge in [0.2, 0.25) is 0 Å². The molecule has 0 aromatic heterocycles. The van der Waals surface area contributed by atoms with Crippen LogP contribution in [0.15, 0.2) is 18.2 Å². The van der Waals surface area contributed by atoms with Crippen LogP contribution in [0.2, 0.25) is 0 Å². The molecule has 18 heavy (non-hydrogen) atoms. The molecule has 5 nitrogen and oxygen atoms in total. The Labute approximate surface area is 102 Å². The summed E-state index contributed by atoms with van der Waals surface area (Å²) >= 11 is 0. The van der Waals surface area contributed by atoms with Crippen LogP contribution in [0.1, 0.15) is 12.8 Å². The average molecular weight is 258 g/mol. The summed E-state index contributed by atoms with van der Waals surface area (Å²) in [6.45, 7) is 0.134. The van der Waals surface area contributed by atoms with Gasteiger partial charge in [0.05, 0.1) is 5.69 Å². The number of benzene rings is 1. The number of amides is 2. The van der Waals surface area contributed by atoms with Crippen LogP contribution in [0.4, 0.5) is 19.3 Å². The van der Waals surface area contributed by atoms with Crippen molar-refractivity contribution in [1.82, 2.24) is 5.32 Å². The monoisotopic (exact) mass is 258 g/mol. The minimum atomic E-state index is -0.964. The van der Waals surface area contributed by atoms with E-state index in [0.29, 0.717) is 0 Å². The highest BCUT2D eigenvalue weighted by Gasteiger charge is 2.07. The Bertz CT molecular complexity index is 452. The maximum atomic E-state index is 13.1. The van der Waals surface area contributed by atoms with Gasteiger partial charge in [0.15, 0.2) is 0 Å². The molecule has 1 aromatic carbocycles. The van der Waals surface area contributed by atoms with Crippen LogP contribution in [0, 0.1) is 11.6 Å². The van der Waals surface area contributed by atoms with Gasteiger partial charge in [0.1, 0.15) is 11.6 Å². The van der Waals surface area contributed by atoms with E-state index < -0.39 is 23.6 Å². The van der Waals surface area contributed by atoms with Crippen LogP contribution < -0.4 is 10.6 Å². The van der Waals surface area contributed by atoms with Crippen molar-refractivity contribution in [2.75, 3.05) is 11.9 Å². The molecule has 0 radical (unpaired) electrons. The standard InChI is InChI=1S/C11H12F2N2O3/c12-7-3-4-8(13)9(6-7)15-11(18)14-5-1-2-10(16)17/h3-4,6H,1-2,5H2,(H,16,17)(H2,14,15,18). The first-order valence-electron chi connectivity index (χ1n) is 5.20. The van der Waals surface area contributed by atoms with Crippen molar-refractivity contribution >= 4 is 17.7 Å². The van der Waals surface area contributed by atoms with E-state index in [1.165, 1.54) is 0 Å². The van der Waals surface area contributed by atoms with Crippen LogP contribution in [0.5, 0.6) is 0 Å². The molecule has 0 atom stereocenters. The number of aliphatic carboxylic acids is 1. The van der Waals surface area contributed by atoms with E-state index in [4.69, 9.17) is 5.11 Å². The second-order valence-electron chi connectivity index (χ2n) is 3.50. The first kappa shape index (κ1) is 13.9. The molecule has 0 bridgehead atoms. The van der Waals surface area contributed by atoms with Gasteiger partial charge in [0, 0.05) is 19.0 Å². The van der Waals surface area contributed by atoms with Crippen LogP contribution >= 0.6 is 0 Å². The summed E-state index contributed by atoms with van der Waals surface area (Å²) in [5.74, 6) is -2.39. The molecule has 7 heteroatoms. The summed E-state index contributed by atoms with van der Waals surface area (Å²) in [7, 11) is 0. The second kappa shape index (κ2) is 6.53. The van der Waals surface area contributed by atoms with E-state index >= 15 is 0 Å². The van der Waals surface area contributed by atoms with E-state index in [1.807, 2.05) is 0 Å². The molecule has 0 spiro atoms. The number of carboxylic acids is 1. The van der Waals surface area contributed by atoms with Gasteiger partial charge < -0.3 is 15.7 Å². The molecule has 98 valence electrons. The average Bonchev–Trinajstić information content (AvgIpc) is 2.29. The molecular formula is C11H12F2N2O3. The molecule has 1 aromatic rings. The molecule has 3 N–H and O–H groups in total. The summed E-state index contributed by atoms with van der Waals surface area (Å²) in [6, 6.07) is 1.97. The number of carboxylic acid groups (broad SMARTS) is 1. The first-order valence-corrected chi connectivity index (χ1v) is 5.20. The van der Waals surface area contributed by atoms with Crippen LogP contribution in [-0.4, -0.2) is 23.7 Å². The predicted octanol–water partition coefficient (Wildman–Crippen LogP) is 1.95. The second-order valence-corrected chi connectivity index (χ2v) is 3.50. The fourth-order valence-corrected chi connectivity index (χ4v) is 1.20. The van der Waals surface area contributed by atoms with Crippen LogP contribution in [0.25, 0.3) is 0 Å². The summed E-state index contributed by atoms with van der Waals surface area (Å²) < 4.78 is 25.9. The van der Waals surface area contributed by atoms with Crippen molar-refractivity contribution in [1.29, 1.82) is 0 Å². The molecule has 0 saturated carbocycles. The third kappa shape index (κ3) is 4.77. The number of rotatable bonds is 5. The summed E-state index contributed by atoms with van der Waals surface area (Å²) in [6.07, 6.45) is 0.184. The Morgan fingerprint density at radius 1 is 1.28 bits per heavy atom. The summed E-state index contributed by atoms with van der Waals surface area (Å²) in [4.78, 5) is 21.5. The molecule has 0 aliphatic heterocycles. The largest absolute Gasteiger partial charge is 0.481 e. The number of carbonyl (C=O) groups excluding carboxylic acids is 1. The summed E-state index contributed by atoms with van der Waals surface area (Å²) in [5, 5.41) is 12.8. The number of hydrogen-bond donors (Lipinski definition) is 3. The third-order valence-electron chi connectivity index (χ3n) is 2.03. The number of anilines is 1. The lowest BCUT2D eigenvalue weighted by Gasteiger charge is -2.07. The van der Waals surface area contributed by atoms with Gasteiger partial charge in [-0.2, -0.15) is 0 Å². The van der Waals surface area contributed by atoms with E-state index in [1.54, 1.807) is 0 Å². The van der Waals surface area contributed by atoms with Gasteiger partial charge in [-0.15, -0.1) is 0 Å². The normalized spacial score (nSPS) is 9.89. The quantitative estimate of drug-likeness (QED) is 0.706. The Morgan fingerprint density at radius 3 is 2.67 bits per heavy atom. The SMILES string of the molecule is O=C(O)CCCNC(=O)Nc1cc(F)ccc1F. The minimum Gasteiger partial charge on any atom is -0.481 e. The fourth-order valence-electron chi connectivity index (χ4n) is 1.20. The van der Waals surface area contributed by atoms with Crippen molar-refractivity contribution in [3.63, 3.8) is 0 Å². The Hall–Kier alpha value is -2.18. The van der Waals surface area contributed by atoms with Crippen molar-refractivity contribution in [2.24, 2.45) is 0 Å². The molecule has 0 unspecified atom stereocenters. The van der Waals surface area contributed by atoms with Gasteiger partial charge in [-0.05, 0) is 18.6 Å². The van der Waals surface area contributed by atoms with Gasteiger partial charge in [-0.3, -0.25) is 4.79 Å². The third-order valence-corrected chi connectivity index (χ3v) is 2.03. The van der Waals surface area contributed by atoms with Crippen LogP contribution in [0.3, 0.4) is 0 Å². The van der Waals surface area contributed by atoms with Crippen molar-refractivity contribution in [3.8, 4) is 0 Å². The van der Waals surface area contributed by atoms with Gasteiger partial charge in [-0.25, -0.2) is 13.6 Å². The first-order chi connectivity index (χ1) is 8.49. The lowest BCUT2D eigenvalue weighted by atomic mass is 10.3. The van der Waals surface area contributed by atoms with Gasteiger partial charge in [-0.1, -0.05) is 0 Å². The van der Waals surface area contributed by atoms with Crippen molar-refractivity contribution in [2.45, 2.75) is 12.8 Å². The maximum Gasteiger partial charge on any atom is 0.319 e. The molecule has 2 amide bonds. The van der Waals surface area contributed by atoms with Crippen LogP contribution in [-0.2, 0) is 4.79 Å². The molecule has 0 heterocycles. The zero-order valence-electron chi connectivity index (χ0n) is 9.37.